The fraction of sp³-hybridized carbons (Fsp3) is 0.889. The summed E-state index contributed by atoms with van der Waals surface area (Å²) in [4.78, 5) is 4.22. The first kappa shape index (κ1) is 15.3. The number of ether oxygens (including phenoxy) is 1. The van der Waals surface area contributed by atoms with Crippen LogP contribution >= 0.6 is 0 Å². The summed E-state index contributed by atoms with van der Waals surface area (Å²) in [5, 5.41) is 3.05. The summed E-state index contributed by atoms with van der Waals surface area (Å²) in [5.41, 5.74) is 2.48. The van der Waals surface area contributed by atoms with Crippen LogP contribution in [0.3, 0.4) is 0 Å². The summed E-state index contributed by atoms with van der Waals surface area (Å²) >= 11 is 0. The molecule has 0 heterocycles. The summed E-state index contributed by atoms with van der Waals surface area (Å²) in [6.07, 6.45) is 2.51. The second-order valence-corrected chi connectivity index (χ2v) is 4.99. The van der Waals surface area contributed by atoms with E-state index in [2.05, 4.69) is 15.7 Å². The highest BCUT2D eigenvalue weighted by molar-refractivity contribution is 7.84. The molecule has 0 saturated carbocycles. The molecule has 2 atom stereocenters. The highest BCUT2D eigenvalue weighted by Crippen LogP contribution is 1.87. The van der Waals surface area contributed by atoms with Crippen LogP contribution in [0.2, 0.25) is 0 Å². The van der Waals surface area contributed by atoms with Crippen LogP contribution in [-0.4, -0.2) is 48.5 Å². The van der Waals surface area contributed by atoms with Crippen LogP contribution in [0.4, 0.5) is 0 Å². The molecule has 16 heavy (non-hydrogen) atoms. The third-order valence-electron chi connectivity index (χ3n) is 1.78. The maximum Gasteiger partial charge on any atom is 0.205 e. The topological polar surface area (TPSA) is 88.7 Å². The zero-order valence-electron chi connectivity index (χ0n) is 10.2. The van der Waals surface area contributed by atoms with E-state index < -0.39 is 10.8 Å². The van der Waals surface area contributed by atoms with Crippen molar-refractivity contribution in [3.05, 3.63) is 0 Å². The zero-order chi connectivity index (χ0) is 12.4. The van der Waals surface area contributed by atoms with E-state index in [9.17, 15) is 4.21 Å². The predicted octanol–water partition coefficient (Wildman–Crippen LogP) is -0.801. The van der Waals surface area contributed by atoms with Crippen molar-refractivity contribution >= 4 is 16.8 Å². The third-order valence-corrected chi connectivity index (χ3v) is 2.75. The van der Waals surface area contributed by atoms with Gasteiger partial charge in [-0.1, -0.05) is 0 Å². The van der Waals surface area contributed by atoms with Gasteiger partial charge < -0.3 is 10.1 Å². The van der Waals surface area contributed by atoms with Crippen LogP contribution in [0.15, 0.2) is 4.99 Å². The largest absolute Gasteiger partial charge is 0.385 e. The summed E-state index contributed by atoms with van der Waals surface area (Å²) in [6, 6.07) is 0.0723. The Kier molecular flexibility index (Phi) is 9.16. The lowest BCUT2D eigenvalue weighted by Crippen LogP contribution is -2.47. The molecule has 6 nitrogen and oxygen atoms in total. The van der Waals surface area contributed by atoms with Crippen molar-refractivity contribution in [1.29, 1.82) is 0 Å². The molecule has 0 fully saturated rings. The highest BCUT2D eigenvalue weighted by Gasteiger charge is 2.05. The number of guanidine groups is 1. The number of rotatable bonds is 7. The fourth-order valence-corrected chi connectivity index (χ4v) is 1.95. The van der Waals surface area contributed by atoms with Crippen molar-refractivity contribution in [2.45, 2.75) is 19.4 Å². The molecule has 0 aromatic rings. The average Bonchev–Trinajstić information content (AvgIpc) is 2.21. The average molecular weight is 250 g/mol. The second-order valence-electron chi connectivity index (χ2n) is 3.51. The van der Waals surface area contributed by atoms with E-state index in [-0.39, 0.29) is 6.04 Å². The van der Waals surface area contributed by atoms with Crippen LogP contribution in [0, 0.1) is 0 Å². The van der Waals surface area contributed by atoms with Gasteiger partial charge in [0.2, 0.25) is 5.96 Å². The molecule has 0 aliphatic heterocycles. The first-order valence-corrected chi connectivity index (χ1v) is 6.89. The molecule has 0 rings (SSSR count). The van der Waals surface area contributed by atoms with Gasteiger partial charge in [0.25, 0.3) is 0 Å². The summed E-state index contributed by atoms with van der Waals surface area (Å²) in [6.45, 7) is 3.25. The first-order chi connectivity index (χ1) is 7.60. The van der Waals surface area contributed by atoms with Gasteiger partial charge in [-0.15, -0.1) is 0 Å². The summed E-state index contributed by atoms with van der Waals surface area (Å²) in [7, 11) is 0.827. The number of nitrogens with one attached hydrogen (secondary N) is 2. The number of nitrogens with two attached hydrogens (primary N) is 1. The maximum absolute atomic E-state index is 11.0. The molecule has 0 spiro atoms. The Morgan fingerprint density at radius 2 is 2.31 bits per heavy atom. The molecule has 0 saturated heterocycles. The van der Waals surface area contributed by atoms with Crippen molar-refractivity contribution in [1.82, 2.24) is 10.7 Å². The van der Waals surface area contributed by atoms with Gasteiger partial charge in [-0.3, -0.25) is 14.6 Å². The van der Waals surface area contributed by atoms with Gasteiger partial charge in [-0.2, -0.15) is 0 Å². The summed E-state index contributed by atoms with van der Waals surface area (Å²) in [5.74, 6) is 6.41. The molecular weight excluding hydrogens is 228 g/mol. The number of hydrazine groups is 1. The molecule has 0 aliphatic rings. The normalized spacial score (nSPS) is 15.6. The molecule has 0 aromatic carbocycles. The molecular formula is C9H22N4O2S. The van der Waals surface area contributed by atoms with Gasteiger partial charge in [0.15, 0.2) is 0 Å². The molecule has 0 aromatic heterocycles. The van der Waals surface area contributed by atoms with Gasteiger partial charge in [-0.05, 0) is 13.3 Å². The number of hydrogen-bond donors (Lipinski definition) is 3. The maximum atomic E-state index is 11.0. The van der Waals surface area contributed by atoms with Crippen LogP contribution in [-0.2, 0) is 15.5 Å². The standard InChI is InChI=1S/C9H22N4O2S/c1-8(7-16(3)14)12-9(13-10)11-5-4-6-15-2/h8H,4-7,10H2,1-3H3,(H2,11,12,13). The van der Waals surface area contributed by atoms with E-state index >= 15 is 0 Å². The zero-order valence-corrected chi connectivity index (χ0v) is 11.0. The van der Waals surface area contributed by atoms with E-state index in [0.29, 0.717) is 24.9 Å². The van der Waals surface area contributed by atoms with E-state index in [1.54, 1.807) is 13.4 Å². The van der Waals surface area contributed by atoms with Crippen LogP contribution < -0.4 is 16.6 Å². The van der Waals surface area contributed by atoms with Crippen molar-refractivity contribution in [3.8, 4) is 0 Å². The molecule has 0 bridgehead atoms. The molecule has 0 aliphatic carbocycles. The SMILES string of the molecule is COCCCN=C(NN)NC(C)CS(C)=O. The third kappa shape index (κ3) is 8.63. The quantitative estimate of drug-likeness (QED) is 0.181. The number of hydrogen-bond acceptors (Lipinski definition) is 4. The number of aliphatic imine (C=N–C) groups is 1. The Morgan fingerprint density at radius 3 is 2.81 bits per heavy atom. The minimum Gasteiger partial charge on any atom is -0.385 e. The lowest BCUT2D eigenvalue weighted by molar-refractivity contribution is 0.197. The Bertz CT molecular complexity index is 236. The Balaban J connectivity index is 3.92. The first-order valence-electron chi connectivity index (χ1n) is 5.16. The van der Waals surface area contributed by atoms with Gasteiger partial charge in [0.05, 0.1) is 0 Å². The van der Waals surface area contributed by atoms with Crippen molar-refractivity contribution < 1.29 is 8.95 Å². The van der Waals surface area contributed by atoms with E-state index in [1.807, 2.05) is 6.92 Å². The Morgan fingerprint density at radius 1 is 1.62 bits per heavy atom. The Hall–Kier alpha value is -0.660. The van der Waals surface area contributed by atoms with Crippen LogP contribution in [0.25, 0.3) is 0 Å². The second kappa shape index (κ2) is 9.56. The molecule has 7 heteroatoms. The van der Waals surface area contributed by atoms with Crippen molar-refractivity contribution in [2.24, 2.45) is 10.8 Å². The molecule has 0 amide bonds. The van der Waals surface area contributed by atoms with E-state index in [1.165, 1.54) is 0 Å². The fourth-order valence-electron chi connectivity index (χ4n) is 1.16. The van der Waals surface area contributed by atoms with Gasteiger partial charge >= 0.3 is 0 Å². The van der Waals surface area contributed by atoms with Crippen LogP contribution in [0.5, 0.6) is 0 Å². The summed E-state index contributed by atoms with van der Waals surface area (Å²) < 4.78 is 15.9. The smallest absolute Gasteiger partial charge is 0.205 e. The minimum atomic E-state index is -0.829. The molecule has 4 N–H and O–H groups in total. The van der Waals surface area contributed by atoms with E-state index in [4.69, 9.17) is 10.6 Å². The molecule has 96 valence electrons. The van der Waals surface area contributed by atoms with Crippen LogP contribution in [0.1, 0.15) is 13.3 Å². The number of nitrogens with zero attached hydrogens (tertiary/aromatic N) is 1. The van der Waals surface area contributed by atoms with Crippen molar-refractivity contribution in [3.63, 3.8) is 0 Å². The minimum absolute atomic E-state index is 0.0723. The van der Waals surface area contributed by atoms with Gasteiger partial charge in [0.1, 0.15) is 0 Å². The highest BCUT2D eigenvalue weighted by atomic mass is 32.2. The number of methoxy groups -OCH3 is 1. The molecule has 0 radical (unpaired) electrons. The monoisotopic (exact) mass is 250 g/mol. The predicted molar refractivity (Wildman–Crippen MR) is 67.6 cm³/mol. The lowest BCUT2D eigenvalue weighted by atomic mass is 10.4. The molecule has 2 unspecified atom stereocenters. The Labute approximate surface area is 99.5 Å². The van der Waals surface area contributed by atoms with Gasteiger partial charge in [0, 0.05) is 49.1 Å². The van der Waals surface area contributed by atoms with Gasteiger partial charge in [-0.25, -0.2) is 5.84 Å². The lowest BCUT2D eigenvalue weighted by Gasteiger charge is -2.15. The van der Waals surface area contributed by atoms with E-state index in [0.717, 1.165) is 6.42 Å². The van der Waals surface area contributed by atoms with Crippen molar-refractivity contribution in [2.75, 3.05) is 32.3 Å².